The second-order valence-corrected chi connectivity index (χ2v) is 6.47. The Morgan fingerprint density at radius 3 is 2.33 bits per heavy atom. The van der Waals surface area contributed by atoms with Gasteiger partial charge in [0.2, 0.25) is 0 Å². The number of ether oxygens (including phenoxy) is 2. The van der Waals surface area contributed by atoms with Crippen LogP contribution in [0.25, 0.3) is 5.69 Å². The summed E-state index contributed by atoms with van der Waals surface area (Å²) >= 11 is 0. The number of rotatable bonds is 7. The first kappa shape index (κ1) is 21.4. The van der Waals surface area contributed by atoms with E-state index in [9.17, 15) is 18.0 Å². The van der Waals surface area contributed by atoms with Crippen LogP contribution >= 0.6 is 0 Å². The van der Waals surface area contributed by atoms with Gasteiger partial charge in [-0.25, -0.2) is 4.68 Å². The molecule has 1 amide bonds. The molecule has 1 N–H and O–H groups in total. The van der Waals surface area contributed by atoms with Gasteiger partial charge < -0.3 is 14.8 Å². The zero-order chi connectivity index (χ0) is 21.7. The average Bonchev–Trinajstić information content (AvgIpc) is 3.16. The van der Waals surface area contributed by atoms with Crippen LogP contribution in [0.4, 0.5) is 18.9 Å². The predicted octanol–water partition coefficient (Wildman–Crippen LogP) is 4.48. The van der Waals surface area contributed by atoms with Crippen molar-refractivity contribution in [2.24, 2.45) is 0 Å². The molecular weight excluding hydrogens is 399 g/mol. The molecule has 1 aromatic heterocycles. The van der Waals surface area contributed by atoms with Crippen LogP contribution in [-0.2, 0) is 10.9 Å². The molecule has 0 atom stereocenters. The summed E-state index contributed by atoms with van der Waals surface area (Å²) in [6.45, 7) is 2.60. The third-order valence-corrected chi connectivity index (χ3v) is 4.23. The fourth-order valence-electron chi connectivity index (χ4n) is 2.74. The number of aryl methyl sites for hydroxylation is 1. The molecule has 2 aromatic carbocycles. The molecule has 0 saturated heterocycles. The minimum absolute atomic E-state index is 0.213. The lowest BCUT2D eigenvalue weighted by Gasteiger charge is -2.13. The highest BCUT2D eigenvalue weighted by atomic mass is 19.4. The van der Waals surface area contributed by atoms with E-state index in [1.165, 1.54) is 24.3 Å². The number of carbonyl (C=O) groups excluding carboxylic acids is 1. The van der Waals surface area contributed by atoms with Crippen molar-refractivity contribution in [1.29, 1.82) is 0 Å². The number of anilines is 1. The van der Waals surface area contributed by atoms with Gasteiger partial charge in [-0.15, -0.1) is 0 Å². The lowest BCUT2D eigenvalue weighted by Crippen LogP contribution is -2.20. The summed E-state index contributed by atoms with van der Waals surface area (Å²) in [6.07, 6.45) is -3.85. The zero-order valence-electron chi connectivity index (χ0n) is 16.4. The van der Waals surface area contributed by atoms with E-state index in [4.69, 9.17) is 9.47 Å². The van der Waals surface area contributed by atoms with Crippen molar-refractivity contribution in [3.63, 3.8) is 0 Å². The minimum atomic E-state index is -4.77. The summed E-state index contributed by atoms with van der Waals surface area (Å²) in [4.78, 5) is 12.6. The van der Waals surface area contributed by atoms with Crippen LogP contribution < -0.4 is 10.1 Å². The molecule has 0 aliphatic carbocycles. The van der Waals surface area contributed by atoms with Gasteiger partial charge in [0.25, 0.3) is 5.91 Å². The maximum Gasteiger partial charge on any atom is 0.434 e. The number of aromatic nitrogens is 2. The minimum Gasteiger partial charge on any atom is -0.491 e. The third-order valence-electron chi connectivity index (χ3n) is 4.23. The lowest BCUT2D eigenvalue weighted by molar-refractivity contribution is -0.143. The van der Waals surface area contributed by atoms with Crippen LogP contribution in [-0.4, -0.2) is 36.0 Å². The molecular formula is C21H20F3N3O3. The van der Waals surface area contributed by atoms with Crippen molar-refractivity contribution in [3.05, 3.63) is 71.5 Å². The molecule has 0 aliphatic heterocycles. The first-order valence-corrected chi connectivity index (χ1v) is 9.05. The van der Waals surface area contributed by atoms with Gasteiger partial charge in [0.15, 0.2) is 5.69 Å². The van der Waals surface area contributed by atoms with E-state index in [0.717, 1.165) is 16.4 Å². The van der Waals surface area contributed by atoms with Gasteiger partial charge in [0.1, 0.15) is 12.4 Å². The molecule has 0 radical (unpaired) electrons. The van der Waals surface area contributed by atoms with Gasteiger partial charge in [-0.05, 0) is 43.3 Å². The molecule has 6 nitrogen and oxygen atoms in total. The topological polar surface area (TPSA) is 65.4 Å². The third kappa shape index (κ3) is 4.98. The van der Waals surface area contributed by atoms with Crippen LogP contribution in [0, 0.1) is 6.92 Å². The number of hydrogen-bond acceptors (Lipinski definition) is 4. The molecule has 0 bridgehead atoms. The maximum atomic E-state index is 13.7. The Kier molecular flexibility index (Phi) is 6.41. The summed E-state index contributed by atoms with van der Waals surface area (Å²) in [5.74, 6) is -0.359. The predicted molar refractivity (Wildman–Crippen MR) is 105 cm³/mol. The number of amides is 1. The van der Waals surface area contributed by atoms with E-state index in [1.807, 2.05) is 6.92 Å². The number of nitrogens with one attached hydrogen (secondary N) is 1. The normalized spacial score (nSPS) is 11.4. The second kappa shape index (κ2) is 9.00. The first-order valence-electron chi connectivity index (χ1n) is 9.05. The number of alkyl halides is 3. The molecule has 0 unspecified atom stereocenters. The van der Waals surface area contributed by atoms with Gasteiger partial charge in [-0.2, -0.15) is 18.3 Å². The van der Waals surface area contributed by atoms with E-state index >= 15 is 0 Å². The van der Waals surface area contributed by atoms with E-state index in [2.05, 4.69) is 10.4 Å². The summed E-state index contributed by atoms with van der Waals surface area (Å²) in [5, 5.41) is 6.27. The summed E-state index contributed by atoms with van der Waals surface area (Å²) < 4.78 is 52.2. The van der Waals surface area contributed by atoms with Crippen molar-refractivity contribution in [3.8, 4) is 11.4 Å². The molecule has 0 aliphatic rings. The number of benzene rings is 2. The monoisotopic (exact) mass is 419 g/mol. The first-order chi connectivity index (χ1) is 14.3. The molecule has 9 heteroatoms. The van der Waals surface area contributed by atoms with Crippen LogP contribution in [0.2, 0.25) is 0 Å². The Labute approximate surface area is 171 Å². The summed E-state index contributed by atoms with van der Waals surface area (Å²) in [5.41, 5.74) is -0.265. The maximum absolute atomic E-state index is 13.7. The highest BCUT2D eigenvalue weighted by Crippen LogP contribution is 2.34. The van der Waals surface area contributed by atoms with Crippen molar-refractivity contribution < 1.29 is 27.4 Å². The molecule has 30 heavy (non-hydrogen) atoms. The van der Waals surface area contributed by atoms with Crippen molar-refractivity contribution >= 4 is 11.6 Å². The SMILES string of the molecule is COCCOc1ccc(NC(=O)c2cnn(-c3ccc(C)cc3)c2C(F)(F)F)cc1. The smallest absolute Gasteiger partial charge is 0.434 e. The van der Waals surface area contributed by atoms with Crippen molar-refractivity contribution in [1.82, 2.24) is 9.78 Å². The van der Waals surface area contributed by atoms with Gasteiger partial charge >= 0.3 is 6.18 Å². The van der Waals surface area contributed by atoms with Gasteiger partial charge in [0, 0.05) is 12.8 Å². The van der Waals surface area contributed by atoms with E-state index in [1.54, 1.807) is 31.4 Å². The van der Waals surface area contributed by atoms with E-state index in [0.29, 0.717) is 24.7 Å². The number of methoxy groups -OCH3 is 1. The molecule has 1 heterocycles. The quantitative estimate of drug-likeness (QED) is 0.574. The number of nitrogens with zero attached hydrogens (tertiary/aromatic N) is 2. The molecule has 0 spiro atoms. The molecule has 3 rings (SSSR count). The molecule has 3 aromatic rings. The van der Waals surface area contributed by atoms with Crippen molar-refractivity contribution in [2.75, 3.05) is 25.6 Å². The Bertz CT molecular complexity index is 997. The Morgan fingerprint density at radius 2 is 1.73 bits per heavy atom. The van der Waals surface area contributed by atoms with Crippen LogP contribution in [0.1, 0.15) is 21.6 Å². The second-order valence-electron chi connectivity index (χ2n) is 6.47. The van der Waals surface area contributed by atoms with Crippen LogP contribution in [0.15, 0.2) is 54.7 Å². The highest BCUT2D eigenvalue weighted by molar-refractivity contribution is 6.05. The highest BCUT2D eigenvalue weighted by Gasteiger charge is 2.40. The zero-order valence-corrected chi connectivity index (χ0v) is 16.4. The largest absolute Gasteiger partial charge is 0.491 e. The van der Waals surface area contributed by atoms with Crippen molar-refractivity contribution in [2.45, 2.75) is 13.1 Å². The van der Waals surface area contributed by atoms with Crippen LogP contribution in [0.3, 0.4) is 0 Å². The molecule has 158 valence electrons. The Hall–Kier alpha value is -3.33. The summed E-state index contributed by atoms with van der Waals surface area (Å²) in [7, 11) is 1.55. The average molecular weight is 419 g/mol. The van der Waals surface area contributed by atoms with E-state index < -0.39 is 23.3 Å². The molecule has 0 saturated carbocycles. The summed E-state index contributed by atoms with van der Waals surface area (Å²) in [6, 6.07) is 12.7. The van der Waals surface area contributed by atoms with E-state index in [-0.39, 0.29) is 5.69 Å². The number of hydrogen-bond donors (Lipinski definition) is 1. The Morgan fingerprint density at radius 1 is 1.07 bits per heavy atom. The fourth-order valence-corrected chi connectivity index (χ4v) is 2.74. The lowest BCUT2D eigenvalue weighted by atomic mass is 10.2. The number of halogens is 3. The van der Waals surface area contributed by atoms with Crippen LogP contribution in [0.5, 0.6) is 5.75 Å². The fraction of sp³-hybridized carbons (Fsp3) is 0.238. The number of carbonyl (C=O) groups is 1. The van der Waals surface area contributed by atoms with Gasteiger partial charge in [0.05, 0.1) is 24.1 Å². The molecule has 0 fully saturated rings. The van der Waals surface area contributed by atoms with Gasteiger partial charge in [-0.1, -0.05) is 17.7 Å². The van der Waals surface area contributed by atoms with Gasteiger partial charge in [-0.3, -0.25) is 4.79 Å². The standard InChI is InChI=1S/C21H20F3N3O3/c1-14-3-7-16(8-4-14)27-19(21(22,23)24)18(13-25-27)20(28)26-15-5-9-17(10-6-15)30-12-11-29-2/h3-10,13H,11-12H2,1-2H3,(H,26,28). The Balaban J connectivity index is 1.83.